The smallest absolute Gasteiger partial charge is 0.322 e. The van der Waals surface area contributed by atoms with E-state index in [2.05, 4.69) is 15.3 Å². The van der Waals surface area contributed by atoms with Crippen molar-refractivity contribution in [2.75, 3.05) is 5.32 Å². The summed E-state index contributed by atoms with van der Waals surface area (Å²) in [7, 11) is 0. The van der Waals surface area contributed by atoms with Gasteiger partial charge in [-0.3, -0.25) is 4.79 Å². The number of benzene rings is 2. The van der Waals surface area contributed by atoms with E-state index in [0.29, 0.717) is 17.0 Å². The van der Waals surface area contributed by atoms with Crippen LogP contribution < -0.4 is 5.32 Å². The lowest BCUT2D eigenvalue weighted by Gasteiger charge is -2.07. The molecule has 0 aliphatic heterocycles. The average Bonchev–Trinajstić information content (AvgIpc) is 2.67. The molecule has 27 heavy (non-hydrogen) atoms. The normalized spacial score (nSPS) is 11.2. The number of nitrogens with one attached hydrogen (secondary N) is 1. The molecule has 0 unspecified atom stereocenters. The molecule has 0 atom stereocenters. The zero-order chi connectivity index (χ0) is 19.3. The summed E-state index contributed by atoms with van der Waals surface area (Å²) in [5.41, 5.74) is 1.07. The fraction of sp³-hybridized carbons (Fsp3) is 0.105. The predicted octanol–water partition coefficient (Wildman–Crippen LogP) is 5.04. The Morgan fingerprint density at radius 3 is 2.37 bits per heavy atom. The molecule has 0 spiro atoms. The Morgan fingerprint density at radius 2 is 1.70 bits per heavy atom. The van der Waals surface area contributed by atoms with Gasteiger partial charge in [0.2, 0.25) is 0 Å². The number of rotatable bonds is 5. The van der Waals surface area contributed by atoms with E-state index >= 15 is 0 Å². The molecule has 1 N–H and O–H groups in total. The van der Waals surface area contributed by atoms with Crippen LogP contribution in [0.2, 0.25) is 0 Å². The van der Waals surface area contributed by atoms with Crippen LogP contribution in [-0.4, -0.2) is 15.9 Å². The van der Waals surface area contributed by atoms with E-state index in [1.54, 1.807) is 36.4 Å². The number of hydrogen-bond acceptors (Lipinski definition) is 4. The van der Waals surface area contributed by atoms with Crippen molar-refractivity contribution in [3.05, 3.63) is 83.7 Å². The van der Waals surface area contributed by atoms with Crippen LogP contribution in [0.1, 0.15) is 21.6 Å². The van der Waals surface area contributed by atoms with Crippen molar-refractivity contribution in [1.82, 2.24) is 9.97 Å². The molecular weight excluding hydrogens is 375 g/mol. The van der Waals surface area contributed by atoms with E-state index in [1.165, 1.54) is 0 Å². The highest BCUT2D eigenvalue weighted by atomic mass is 32.2. The number of halogens is 3. The first-order valence-electron chi connectivity index (χ1n) is 7.90. The Bertz CT molecular complexity index is 915. The number of aromatic nitrogens is 2. The third-order valence-corrected chi connectivity index (χ3v) is 4.47. The van der Waals surface area contributed by atoms with Crippen molar-refractivity contribution in [3.63, 3.8) is 0 Å². The highest BCUT2D eigenvalue weighted by Crippen LogP contribution is 2.29. The van der Waals surface area contributed by atoms with Crippen LogP contribution in [0.15, 0.2) is 72.0 Å². The molecule has 0 radical (unpaired) electrons. The minimum absolute atomic E-state index is 0.0516. The quantitative estimate of drug-likeness (QED) is 0.491. The van der Waals surface area contributed by atoms with E-state index < -0.39 is 11.9 Å². The van der Waals surface area contributed by atoms with Gasteiger partial charge >= 0.3 is 6.18 Å². The van der Waals surface area contributed by atoms with Crippen LogP contribution in [0.4, 0.5) is 18.9 Å². The van der Waals surface area contributed by atoms with Crippen molar-refractivity contribution in [3.8, 4) is 0 Å². The van der Waals surface area contributed by atoms with Crippen LogP contribution in [0.5, 0.6) is 0 Å². The van der Waals surface area contributed by atoms with Gasteiger partial charge in [0.05, 0.1) is 0 Å². The number of amides is 1. The summed E-state index contributed by atoms with van der Waals surface area (Å²) < 4.78 is 38.0. The fourth-order valence-corrected chi connectivity index (χ4v) is 2.98. The Morgan fingerprint density at radius 1 is 1.00 bits per heavy atom. The predicted molar refractivity (Wildman–Crippen MR) is 97.4 cm³/mol. The third kappa shape index (κ3) is 5.30. The minimum Gasteiger partial charge on any atom is -0.322 e. The molecule has 0 saturated carbocycles. The lowest BCUT2D eigenvalue weighted by atomic mass is 10.1. The number of alkyl halides is 3. The minimum atomic E-state index is -4.49. The summed E-state index contributed by atoms with van der Waals surface area (Å²) in [6, 6.07) is 16.8. The van der Waals surface area contributed by atoms with Gasteiger partial charge in [0.15, 0.2) is 5.16 Å². The van der Waals surface area contributed by atoms with Gasteiger partial charge in [-0.05, 0) is 35.9 Å². The Balaban J connectivity index is 1.60. The van der Waals surface area contributed by atoms with Crippen LogP contribution in [0, 0.1) is 0 Å². The van der Waals surface area contributed by atoms with Gasteiger partial charge in [-0.1, -0.05) is 42.1 Å². The average molecular weight is 389 g/mol. The van der Waals surface area contributed by atoms with E-state index in [4.69, 9.17) is 0 Å². The summed E-state index contributed by atoms with van der Waals surface area (Å²) >= 11 is 1.10. The number of nitrogens with zero attached hydrogens (tertiary/aromatic N) is 2. The molecule has 138 valence electrons. The first kappa shape index (κ1) is 18.9. The number of anilines is 1. The van der Waals surface area contributed by atoms with Crippen LogP contribution in [-0.2, 0) is 11.9 Å². The molecule has 0 bridgehead atoms. The van der Waals surface area contributed by atoms with Crippen molar-refractivity contribution in [2.24, 2.45) is 0 Å². The number of carbonyl (C=O) groups is 1. The SMILES string of the molecule is O=C(Nc1ccccc1)c1ccc(CSc2nccc(C(F)(F)F)n2)cc1. The first-order valence-corrected chi connectivity index (χ1v) is 8.89. The van der Waals surface area contributed by atoms with Crippen LogP contribution in [0.25, 0.3) is 0 Å². The molecule has 1 amide bonds. The highest BCUT2D eigenvalue weighted by molar-refractivity contribution is 7.98. The Labute approximate surface area is 157 Å². The van der Waals surface area contributed by atoms with Crippen LogP contribution in [0.3, 0.4) is 0 Å². The van der Waals surface area contributed by atoms with Crippen LogP contribution >= 0.6 is 11.8 Å². The zero-order valence-electron chi connectivity index (χ0n) is 13.9. The topological polar surface area (TPSA) is 54.9 Å². The monoisotopic (exact) mass is 389 g/mol. The molecule has 0 fully saturated rings. The van der Waals surface area contributed by atoms with Crippen molar-refractivity contribution < 1.29 is 18.0 Å². The molecule has 0 aliphatic rings. The lowest BCUT2D eigenvalue weighted by molar-refractivity contribution is -0.141. The van der Waals surface area contributed by atoms with Gasteiger partial charge in [-0.15, -0.1) is 0 Å². The van der Waals surface area contributed by atoms with Crippen molar-refractivity contribution >= 4 is 23.4 Å². The standard InChI is InChI=1S/C19H14F3N3OS/c20-19(21,22)16-10-11-23-18(25-16)27-12-13-6-8-14(9-7-13)17(26)24-15-4-2-1-3-5-15/h1-11H,12H2,(H,24,26). The number of thioether (sulfide) groups is 1. The maximum absolute atomic E-state index is 12.7. The summed E-state index contributed by atoms with van der Waals surface area (Å²) in [6.45, 7) is 0. The van der Waals surface area contributed by atoms with Gasteiger partial charge in [-0.2, -0.15) is 13.2 Å². The number of carbonyl (C=O) groups excluding carboxylic acids is 1. The highest BCUT2D eigenvalue weighted by Gasteiger charge is 2.32. The number of hydrogen-bond donors (Lipinski definition) is 1. The third-order valence-electron chi connectivity index (χ3n) is 3.54. The summed E-state index contributed by atoms with van der Waals surface area (Å²) in [5, 5.41) is 2.84. The van der Waals surface area contributed by atoms with Gasteiger partial charge in [0.25, 0.3) is 5.91 Å². The summed E-state index contributed by atoms with van der Waals surface area (Å²) in [6.07, 6.45) is -3.40. The molecule has 0 saturated heterocycles. The second-order valence-corrected chi connectivity index (χ2v) is 6.47. The molecule has 4 nitrogen and oxygen atoms in total. The van der Waals surface area contributed by atoms with Gasteiger partial charge in [0, 0.05) is 23.2 Å². The largest absolute Gasteiger partial charge is 0.433 e. The van der Waals surface area contributed by atoms with Gasteiger partial charge < -0.3 is 5.32 Å². The van der Waals surface area contributed by atoms with Gasteiger partial charge in [0.1, 0.15) is 5.69 Å². The summed E-state index contributed by atoms with van der Waals surface area (Å²) in [4.78, 5) is 19.6. The van der Waals surface area contributed by atoms with E-state index in [-0.39, 0.29) is 11.1 Å². The molecule has 1 aromatic heterocycles. The van der Waals surface area contributed by atoms with E-state index in [0.717, 1.165) is 29.6 Å². The summed E-state index contributed by atoms with van der Waals surface area (Å²) in [5.74, 6) is 0.156. The maximum atomic E-state index is 12.7. The molecule has 3 aromatic rings. The van der Waals surface area contributed by atoms with Gasteiger partial charge in [-0.25, -0.2) is 9.97 Å². The lowest BCUT2D eigenvalue weighted by Crippen LogP contribution is -2.11. The number of para-hydroxylation sites is 1. The zero-order valence-corrected chi connectivity index (χ0v) is 14.7. The van der Waals surface area contributed by atoms with Crippen molar-refractivity contribution in [2.45, 2.75) is 17.1 Å². The fourth-order valence-electron chi connectivity index (χ4n) is 2.19. The molecule has 8 heteroatoms. The second kappa shape index (κ2) is 8.22. The van der Waals surface area contributed by atoms with E-state index in [1.807, 2.05) is 18.2 Å². The maximum Gasteiger partial charge on any atom is 0.433 e. The molecule has 0 aliphatic carbocycles. The molecule has 2 aromatic carbocycles. The first-order chi connectivity index (χ1) is 12.9. The Hall–Kier alpha value is -2.87. The molecule has 3 rings (SSSR count). The second-order valence-electron chi connectivity index (χ2n) is 5.53. The Kier molecular flexibility index (Phi) is 5.75. The van der Waals surface area contributed by atoms with E-state index in [9.17, 15) is 18.0 Å². The molecule has 1 heterocycles. The molecular formula is C19H14F3N3OS. The van der Waals surface area contributed by atoms with Crippen molar-refractivity contribution in [1.29, 1.82) is 0 Å².